The van der Waals surface area contributed by atoms with Gasteiger partial charge in [0.25, 0.3) is 0 Å². The van der Waals surface area contributed by atoms with E-state index in [9.17, 15) is 10.2 Å². The van der Waals surface area contributed by atoms with E-state index in [2.05, 4.69) is 12.0 Å². The maximum atomic E-state index is 10.5. The first kappa shape index (κ1) is 17.1. The second kappa shape index (κ2) is 7.88. The first-order valence-electron chi connectivity index (χ1n) is 8.80. The molecule has 25 heavy (non-hydrogen) atoms. The lowest BCUT2D eigenvalue weighted by molar-refractivity contribution is 0.451. The number of unbranched alkanes of at least 4 members (excludes halogenated alkanes) is 2. The summed E-state index contributed by atoms with van der Waals surface area (Å²) in [6.45, 7) is 2.74. The van der Waals surface area contributed by atoms with Gasteiger partial charge in [0.05, 0.1) is 17.8 Å². The molecule has 0 radical (unpaired) electrons. The SMILES string of the molecule is CCCCCc1cc(O)c(-c2ccnn2Cc2ccccc2)c(O)c1. The van der Waals surface area contributed by atoms with Crippen LogP contribution in [-0.2, 0) is 13.0 Å². The van der Waals surface area contributed by atoms with Crippen LogP contribution in [0, 0.1) is 0 Å². The first-order chi connectivity index (χ1) is 12.2. The molecule has 1 heterocycles. The maximum Gasteiger partial charge on any atom is 0.128 e. The quantitative estimate of drug-likeness (QED) is 0.613. The molecular weight excluding hydrogens is 312 g/mol. The minimum absolute atomic E-state index is 0.0984. The van der Waals surface area contributed by atoms with Crippen molar-refractivity contribution in [2.45, 2.75) is 39.2 Å². The van der Waals surface area contributed by atoms with Crippen LogP contribution in [0.2, 0.25) is 0 Å². The number of aromatic nitrogens is 2. The summed E-state index contributed by atoms with van der Waals surface area (Å²) in [5.41, 5.74) is 3.22. The second-order valence-corrected chi connectivity index (χ2v) is 6.33. The highest BCUT2D eigenvalue weighted by Gasteiger charge is 2.16. The zero-order valence-electron chi connectivity index (χ0n) is 14.5. The van der Waals surface area contributed by atoms with Crippen molar-refractivity contribution in [2.24, 2.45) is 0 Å². The van der Waals surface area contributed by atoms with Crippen LogP contribution in [0.4, 0.5) is 0 Å². The predicted molar refractivity (Wildman–Crippen MR) is 99.8 cm³/mol. The fraction of sp³-hybridized carbons (Fsp3) is 0.286. The van der Waals surface area contributed by atoms with Gasteiger partial charge in [0, 0.05) is 6.20 Å². The highest BCUT2D eigenvalue weighted by molar-refractivity contribution is 5.74. The molecule has 0 spiro atoms. The second-order valence-electron chi connectivity index (χ2n) is 6.33. The molecule has 0 aliphatic rings. The third-order valence-corrected chi connectivity index (χ3v) is 4.37. The van der Waals surface area contributed by atoms with E-state index in [1.807, 2.05) is 36.4 Å². The largest absolute Gasteiger partial charge is 0.507 e. The Hall–Kier alpha value is -2.75. The highest BCUT2D eigenvalue weighted by atomic mass is 16.3. The van der Waals surface area contributed by atoms with Crippen LogP contribution in [0.3, 0.4) is 0 Å². The van der Waals surface area contributed by atoms with Crippen LogP contribution in [0.1, 0.15) is 37.3 Å². The van der Waals surface area contributed by atoms with Crippen LogP contribution in [0.25, 0.3) is 11.3 Å². The van der Waals surface area contributed by atoms with Crippen molar-refractivity contribution in [3.63, 3.8) is 0 Å². The minimum atomic E-state index is 0.0984. The van der Waals surface area contributed by atoms with E-state index < -0.39 is 0 Å². The molecule has 3 rings (SSSR count). The van der Waals surface area contributed by atoms with E-state index >= 15 is 0 Å². The van der Waals surface area contributed by atoms with E-state index in [0.717, 1.165) is 36.8 Å². The van der Waals surface area contributed by atoms with Gasteiger partial charge in [-0.05, 0) is 42.2 Å². The fourth-order valence-corrected chi connectivity index (χ4v) is 3.08. The number of aryl methyl sites for hydroxylation is 1. The van der Waals surface area contributed by atoms with Gasteiger partial charge in [-0.1, -0.05) is 50.1 Å². The number of hydrogen-bond donors (Lipinski definition) is 2. The van der Waals surface area contributed by atoms with Crippen molar-refractivity contribution in [2.75, 3.05) is 0 Å². The molecule has 0 aliphatic carbocycles. The molecule has 2 N–H and O–H groups in total. The normalized spacial score (nSPS) is 10.9. The van der Waals surface area contributed by atoms with Crippen molar-refractivity contribution in [1.29, 1.82) is 0 Å². The van der Waals surface area contributed by atoms with Crippen molar-refractivity contribution in [3.8, 4) is 22.8 Å². The Morgan fingerprint density at radius 3 is 2.32 bits per heavy atom. The van der Waals surface area contributed by atoms with Crippen LogP contribution < -0.4 is 0 Å². The van der Waals surface area contributed by atoms with Gasteiger partial charge in [-0.2, -0.15) is 5.10 Å². The van der Waals surface area contributed by atoms with Crippen molar-refractivity contribution in [3.05, 3.63) is 65.9 Å². The lowest BCUT2D eigenvalue weighted by atomic mass is 10.0. The Morgan fingerprint density at radius 1 is 0.920 bits per heavy atom. The van der Waals surface area contributed by atoms with Gasteiger partial charge in [0.2, 0.25) is 0 Å². The Kier molecular flexibility index (Phi) is 5.39. The molecule has 130 valence electrons. The van der Waals surface area contributed by atoms with Crippen LogP contribution in [0.5, 0.6) is 11.5 Å². The first-order valence-corrected chi connectivity index (χ1v) is 8.80. The van der Waals surface area contributed by atoms with Gasteiger partial charge >= 0.3 is 0 Å². The van der Waals surface area contributed by atoms with Crippen molar-refractivity contribution >= 4 is 0 Å². The summed E-state index contributed by atoms with van der Waals surface area (Å²) in [5.74, 6) is 0.197. The Morgan fingerprint density at radius 2 is 1.64 bits per heavy atom. The lowest BCUT2D eigenvalue weighted by Gasteiger charge is -2.13. The molecule has 1 aromatic heterocycles. The van der Waals surface area contributed by atoms with Gasteiger partial charge < -0.3 is 10.2 Å². The maximum absolute atomic E-state index is 10.5. The summed E-state index contributed by atoms with van der Waals surface area (Å²) in [7, 11) is 0. The number of benzene rings is 2. The Bertz CT molecular complexity index is 802. The lowest BCUT2D eigenvalue weighted by Crippen LogP contribution is -2.04. The van der Waals surface area contributed by atoms with Gasteiger partial charge in [0.1, 0.15) is 11.5 Å². The van der Waals surface area contributed by atoms with Gasteiger partial charge in [-0.3, -0.25) is 4.68 Å². The number of phenols is 2. The standard InChI is InChI=1S/C21H24N2O2/c1-2-3-5-10-17-13-19(24)21(20(25)14-17)18-11-12-22-23(18)15-16-8-6-4-7-9-16/h4,6-9,11-14,24-25H,2-3,5,10,15H2,1H3. The molecule has 0 unspecified atom stereocenters. The van der Waals surface area contributed by atoms with Crippen LogP contribution in [-0.4, -0.2) is 20.0 Å². The summed E-state index contributed by atoms with van der Waals surface area (Å²) < 4.78 is 1.79. The molecule has 0 aliphatic heterocycles. The third kappa shape index (κ3) is 4.02. The van der Waals surface area contributed by atoms with Gasteiger partial charge in [-0.25, -0.2) is 0 Å². The molecule has 0 fully saturated rings. The van der Waals surface area contributed by atoms with Crippen molar-refractivity contribution < 1.29 is 10.2 Å². The molecule has 0 saturated carbocycles. The average Bonchev–Trinajstić information content (AvgIpc) is 3.03. The number of hydrogen-bond acceptors (Lipinski definition) is 3. The molecule has 4 heteroatoms. The summed E-state index contributed by atoms with van der Waals surface area (Å²) >= 11 is 0. The number of nitrogens with zero attached hydrogens (tertiary/aromatic N) is 2. The zero-order chi connectivity index (χ0) is 17.6. The average molecular weight is 336 g/mol. The third-order valence-electron chi connectivity index (χ3n) is 4.37. The summed E-state index contributed by atoms with van der Waals surface area (Å²) in [5, 5.41) is 25.3. The molecule has 0 bridgehead atoms. The van der Waals surface area contributed by atoms with Gasteiger partial charge in [-0.15, -0.1) is 0 Å². The molecule has 2 aromatic carbocycles. The Labute approximate surface area is 148 Å². The van der Waals surface area contributed by atoms with Crippen LogP contribution >= 0.6 is 0 Å². The molecule has 0 saturated heterocycles. The fourth-order valence-electron chi connectivity index (χ4n) is 3.08. The molecule has 0 amide bonds. The van der Waals surface area contributed by atoms with E-state index in [1.54, 1.807) is 23.0 Å². The molecular formula is C21H24N2O2. The van der Waals surface area contributed by atoms with E-state index in [4.69, 9.17) is 0 Å². The molecule has 4 nitrogen and oxygen atoms in total. The van der Waals surface area contributed by atoms with Crippen LogP contribution in [0.15, 0.2) is 54.7 Å². The minimum Gasteiger partial charge on any atom is -0.507 e. The summed E-state index contributed by atoms with van der Waals surface area (Å²) in [6, 6.07) is 15.3. The number of aromatic hydroxyl groups is 2. The monoisotopic (exact) mass is 336 g/mol. The molecule has 3 aromatic rings. The highest BCUT2D eigenvalue weighted by Crippen LogP contribution is 2.38. The smallest absolute Gasteiger partial charge is 0.128 e. The summed E-state index contributed by atoms with van der Waals surface area (Å²) in [4.78, 5) is 0. The van der Waals surface area contributed by atoms with E-state index in [0.29, 0.717) is 17.8 Å². The Balaban J connectivity index is 1.88. The predicted octanol–water partition coefficient (Wildman–Crippen LogP) is 4.74. The number of rotatable bonds is 7. The van der Waals surface area contributed by atoms with E-state index in [-0.39, 0.29) is 11.5 Å². The molecule has 0 atom stereocenters. The topological polar surface area (TPSA) is 58.3 Å². The van der Waals surface area contributed by atoms with Gasteiger partial charge in [0.15, 0.2) is 0 Å². The number of phenolic OH excluding ortho intramolecular Hbond substituents is 2. The summed E-state index contributed by atoms with van der Waals surface area (Å²) in [6.07, 6.45) is 5.90. The van der Waals surface area contributed by atoms with Crippen molar-refractivity contribution in [1.82, 2.24) is 9.78 Å². The zero-order valence-corrected chi connectivity index (χ0v) is 14.5. The van der Waals surface area contributed by atoms with E-state index in [1.165, 1.54) is 0 Å².